The fraction of sp³-hybridized carbons (Fsp3) is 0.526. The summed E-state index contributed by atoms with van der Waals surface area (Å²) in [6, 6.07) is 6.66. The van der Waals surface area contributed by atoms with E-state index in [0.29, 0.717) is 24.8 Å². The van der Waals surface area contributed by atoms with Gasteiger partial charge in [0.25, 0.3) is 0 Å². The lowest BCUT2D eigenvalue weighted by Crippen LogP contribution is -2.42. The predicted molar refractivity (Wildman–Crippen MR) is 107 cm³/mol. The SMILES string of the molecule is C[C@@H]1CNCC[C@@H]1Nc1ccc2c(C3CCC(=O)NC3=O)nn(C)c2c1.Cl. The van der Waals surface area contributed by atoms with Crippen molar-refractivity contribution in [1.82, 2.24) is 20.4 Å². The lowest BCUT2D eigenvalue weighted by atomic mass is 9.92. The molecule has 2 aliphatic rings. The first kappa shape index (κ1) is 19.6. The lowest BCUT2D eigenvalue weighted by Gasteiger charge is -2.31. The number of carbonyl (C=O) groups is 2. The molecule has 2 saturated heterocycles. The van der Waals surface area contributed by atoms with Gasteiger partial charge in [-0.15, -0.1) is 12.4 Å². The molecule has 3 N–H and O–H groups in total. The molecule has 146 valence electrons. The van der Waals surface area contributed by atoms with Crippen molar-refractivity contribution in [1.29, 1.82) is 0 Å². The molecule has 2 aliphatic heterocycles. The third kappa shape index (κ3) is 3.80. The van der Waals surface area contributed by atoms with Crippen molar-refractivity contribution in [3.05, 3.63) is 23.9 Å². The number of aromatic nitrogens is 2. The number of fused-ring (bicyclic) bond motifs is 1. The summed E-state index contributed by atoms with van der Waals surface area (Å²) in [4.78, 5) is 23.6. The van der Waals surface area contributed by atoms with Crippen LogP contribution < -0.4 is 16.0 Å². The molecular formula is C19H26ClN5O2. The predicted octanol–water partition coefficient (Wildman–Crippen LogP) is 1.93. The number of hydrogen-bond acceptors (Lipinski definition) is 5. The first-order valence-corrected chi connectivity index (χ1v) is 9.30. The maximum atomic E-state index is 12.2. The minimum atomic E-state index is -0.361. The minimum absolute atomic E-state index is 0. The Morgan fingerprint density at radius 3 is 2.81 bits per heavy atom. The van der Waals surface area contributed by atoms with Crippen molar-refractivity contribution in [2.24, 2.45) is 13.0 Å². The fourth-order valence-corrected chi connectivity index (χ4v) is 4.03. The molecule has 2 amide bonds. The van der Waals surface area contributed by atoms with Crippen LogP contribution in [0.3, 0.4) is 0 Å². The summed E-state index contributed by atoms with van der Waals surface area (Å²) in [7, 11) is 1.90. The number of nitrogens with one attached hydrogen (secondary N) is 3. The Labute approximate surface area is 164 Å². The Kier molecular flexibility index (Phi) is 5.72. The monoisotopic (exact) mass is 391 g/mol. The Balaban J connectivity index is 0.00000210. The number of imide groups is 1. The number of hydrogen-bond donors (Lipinski definition) is 3. The smallest absolute Gasteiger partial charge is 0.235 e. The number of aryl methyl sites for hydroxylation is 1. The fourth-order valence-electron chi connectivity index (χ4n) is 4.03. The number of anilines is 1. The molecule has 1 aromatic heterocycles. The summed E-state index contributed by atoms with van der Waals surface area (Å²) in [5.41, 5.74) is 2.83. The lowest BCUT2D eigenvalue weighted by molar-refractivity contribution is -0.134. The molecule has 0 spiro atoms. The highest BCUT2D eigenvalue weighted by molar-refractivity contribution is 6.02. The summed E-state index contributed by atoms with van der Waals surface area (Å²) < 4.78 is 1.82. The van der Waals surface area contributed by atoms with Crippen molar-refractivity contribution >= 4 is 40.8 Å². The van der Waals surface area contributed by atoms with E-state index in [0.717, 1.165) is 41.8 Å². The summed E-state index contributed by atoms with van der Waals surface area (Å²) >= 11 is 0. The van der Waals surface area contributed by atoms with E-state index < -0.39 is 0 Å². The van der Waals surface area contributed by atoms with Crippen LogP contribution in [0.2, 0.25) is 0 Å². The number of benzene rings is 1. The van der Waals surface area contributed by atoms with Crippen LogP contribution >= 0.6 is 12.4 Å². The number of amides is 2. The van der Waals surface area contributed by atoms with Crippen LogP contribution in [-0.4, -0.2) is 40.7 Å². The second-order valence-corrected chi connectivity index (χ2v) is 7.47. The highest BCUT2D eigenvalue weighted by atomic mass is 35.5. The van der Waals surface area contributed by atoms with Gasteiger partial charge in [-0.25, -0.2) is 0 Å². The van der Waals surface area contributed by atoms with E-state index in [1.165, 1.54) is 0 Å². The zero-order chi connectivity index (χ0) is 18.3. The quantitative estimate of drug-likeness (QED) is 0.696. The molecule has 7 nitrogen and oxygen atoms in total. The Morgan fingerprint density at radius 1 is 1.26 bits per heavy atom. The van der Waals surface area contributed by atoms with Gasteiger partial charge in [-0.2, -0.15) is 5.10 Å². The van der Waals surface area contributed by atoms with Gasteiger partial charge in [0.1, 0.15) is 0 Å². The second-order valence-electron chi connectivity index (χ2n) is 7.47. The van der Waals surface area contributed by atoms with E-state index in [1.807, 2.05) is 17.8 Å². The van der Waals surface area contributed by atoms with E-state index in [1.54, 1.807) is 0 Å². The number of rotatable bonds is 3. The summed E-state index contributed by atoms with van der Waals surface area (Å²) in [6.45, 7) is 4.33. The molecule has 0 bridgehead atoms. The van der Waals surface area contributed by atoms with Gasteiger partial charge in [0, 0.05) is 30.6 Å². The van der Waals surface area contributed by atoms with Crippen molar-refractivity contribution in [2.45, 2.75) is 38.1 Å². The van der Waals surface area contributed by atoms with Crippen LogP contribution in [0.15, 0.2) is 18.2 Å². The van der Waals surface area contributed by atoms with E-state index in [4.69, 9.17) is 0 Å². The van der Waals surface area contributed by atoms with E-state index in [9.17, 15) is 9.59 Å². The van der Waals surface area contributed by atoms with Crippen molar-refractivity contribution in [3.63, 3.8) is 0 Å². The zero-order valence-corrected chi connectivity index (χ0v) is 16.4. The van der Waals surface area contributed by atoms with Crippen LogP contribution in [0.1, 0.15) is 37.8 Å². The molecule has 3 atom stereocenters. The highest BCUT2D eigenvalue weighted by Gasteiger charge is 2.31. The van der Waals surface area contributed by atoms with Crippen molar-refractivity contribution in [2.75, 3.05) is 18.4 Å². The first-order chi connectivity index (χ1) is 12.5. The molecule has 0 radical (unpaired) electrons. The number of carbonyl (C=O) groups excluding carboxylic acids is 2. The molecule has 0 saturated carbocycles. The third-order valence-electron chi connectivity index (χ3n) is 5.59. The number of nitrogens with zero attached hydrogens (tertiary/aromatic N) is 2. The Morgan fingerprint density at radius 2 is 2.07 bits per heavy atom. The minimum Gasteiger partial charge on any atom is -0.382 e. The zero-order valence-electron chi connectivity index (χ0n) is 15.6. The van der Waals surface area contributed by atoms with Gasteiger partial charge >= 0.3 is 0 Å². The van der Waals surface area contributed by atoms with Crippen LogP contribution in [0.5, 0.6) is 0 Å². The van der Waals surface area contributed by atoms with Gasteiger partial charge in [-0.05, 0) is 50.0 Å². The molecule has 0 aliphatic carbocycles. The van der Waals surface area contributed by atoms with Gasteiger partial charge in [0.05, 0.1) is 17.1 Å². The van der Waals surface area contributed by atoms with Crippen LogP contribution in [0, 0.1) is 5.92 Å². The molecule has 2 fully saturated rings. The topological polar surface area (TPSA) is 88.0 Å². The molecule has 8 heteroatoms. The van der Waals surface area contributed by atoms with Gasteiger partial charge < -0.3 is 10.6 Å². The van der Waals surface area contributed by atoms with Crippen molar-refractivity contribution < 1.29 is 9.59 Å². The molecule has 27 heavy (non-hydrogen) atoms. The van der Waals surface area contributed by atoms with Gasteiger partial charge in [-0.3, -0.25) is 19.6 Å². The summed E-state index contributed by atoms with van der Waals surface area (Å²) in [6.07, 6.45) is 1.98. The highest BCUT2D eigenvalue weighted by Crippen LogP contribution is 2.32. The molecule has 4 rings (SSSR count). The van der Waals surface area contributed by atoms with Gasteiger partial charge in [-0.1, -0.05) is 6.92 Å². The first-order valence-electron chi connectivity index (χ1n) is 9.30. The second kappa shape index (κ2) is 7.86. The molecule has 1 unspecified atom stereocenters. The van der Waals surface area contributed by atoms with Crippen LogP contribution in [-0.2, 0) is 16.6 Å². The molecule has 1 aromatic carbocycles. The maximum absolute atomic E-state index is 12.2. The maximum Gasteiger partial charge on any atom is 0.235 e. The molecular weight excluding hydrogens is 366 g/mol. The van der Waals surface area contributed by atoms with Crippen LogP contribution in [0.25, 0.3) is 10.9 Å². The average molecular weight is 392 g/mol. The molecule has 3 heterocycles. The van der Waals surface area contributed by atoms with E-state index >= 15 is 0 Å². The van der Waals surface area contributed by atoms with Gasteiger partial charge in [0.2, 0.25) is 11.8 Å². The van der Waals surface area contributed by atoms with Crippen LogP contribution in [0.4, 0.5) is 5.69 Å². The number of halogens is 1. The largest absolute Gasteiger partial charge is 0.382 e. The van der Waals surface area contributed by atoms with Crippen molar-refractivity contribution in [3.8, 4) is 0 Å². The standard InChI is InChI=1S/C19H25N5O2.ClH/c1-11-10-20-8-7-15(11)21-12-3-4-13-16(9-12)24(2)23-18(13)14-5-6-17(25)22-19(14)26;/h3-4,9,11,14-15,20-21H,5-8,10H2,1-2H3,(H,22,25,26);1H/t11-,14?,15+;/m1./s1. The Bertz CT molecular complexity index is 865. The normalized spacial score (nSPS) is 25.8. The number of piperidine rings is 2. The third-order valence-corrected chi connectivity index (χ3v) is 5.59. The summed E-state index contributed by atoms with van der Waals surface area (Å²) in [5, 5.41) is 15.1. The average Bonchev–Trinajstić information content (AvgIpc) is 2.93. The van der Waals surface area contributed by atoms with Gasteiger partial charge in [0.15, 0.2) is 0 Å². The van der Waals surface area contributed by atoms with E-state index in [2.05, 4.69) is 40.1 Å². The Hall–Kier alpha value is -2.12. The summed E-state index contributed by atoms with van der Waals surface area (Å²) in [5.74, 6) is -0.231. The molecule has 2 aromatic rings. The van der Waals surface area contributed by atoms with E-state index in [-0.39, 0.29) is 30.1 Å².